The number of alkyl halides is 2. The summed E-state index contributed by atoms with van der Waals surface area (Å²) in [6.07, 6.45) is 0. The molecule has 0 spiro atoms. The molecule has 2 aromatic rings. The number of rotatable bonds is 7. The summed E-state index contributed by atoms with van der Waals surface area (Å²) >= 11 is 0. The van der Waals surface area contributed by atoms with Crippen LogP contribution in [-0.4, -0.2) is 32.1 Å². The number of esters is 1. The van der Waals surface area contributed by atoms with Crippen molar-refractivity contribution < 1.29 is 27.8 Å². The van der Waals surface area contributed by atoms with E-state index in [1.54, 1.807) is 12.1 Å². The number of halogens is 2. The molecular weight excluding hydrogens is 334 g/mol. The maximum atomic E-state index is 12.1. The summed E-state index contributed by atoms with van der Waals surface area (Å²) in [4.78, 5) is 23.2. The van der Waals surface area contributed by atoms with Gasteiger partial charge in [-0.25, -0.2) is 4.79 Å². The Balaban J connectivity index is 1.83. The number of amides is 1. The van der Waals surface area contributed by atoms with Crippen LogP contribution >= 0.6 is 0 Å². The van der Waals surface area contributed by atoms with Crippen LogP contribution in [0.25, 0.3) is 0 Å². The summed E-state index contributed by atoms with van der Waals surface area (Å²) in [6.45, 7) is -2.90. The largest absolute Gasteiger partial charge is 0.465 e. The summed E-state index contributed by atoms with van der Waals surface area (Å²) in [6, 6.07) is 12.0. The molecule has 8 heteroatoms. The van der Waals surface area contributed by atoms with Gasteiger partial charge in [0.1, 0.15) is 5.75 Å². The van der Waals surface area contributed by atoms with Crippen molar-refractivity contribution in [1.82, 2.24) is 0 Å². The van der Waals surface area contributed by atoms with Crippen molar-refractivity contribution in [2.45, 2.75) is 6.61 Å². The van der Waals surface area contributed by atoms with Gasteiger partial charge in [-0.3, -0.25) is 4.79 Å². The molecule has 0 saturated heterocycles. The summed E-state index contributed by atoms with van der Waals surface area (Å²) in [5.41, 5.74) is 1.49. The molecule has 0 aliphatic carbocycles. The summed E-state index contributed by atoms with van der Waals surface area (Å²) in [7, 11) is 1.29. The third-order valence-electron chi connectivity index (χ3n) is 3.12. The zero-order valence-corrected chi connectivity index (χ0v) is 13.3. The smallest absolute Gasteiger partial charge is 0.387 e. The maximum Gasteiger partial charge on any atom is 0.387 e. The first-order valence-electron chi connectivity index (χ1n) is 7.25. The van der Waals surface area contributed by atoms with Gasteiger partial charge < -0.3 is 20.1 Å². The molecule has 25 heavy (non-hydrogen) atoms. The van der Waals surface area contributed by atoms with Gasteiger partial charge in [-0.15, -0.1) is 0 Å². The summed E-state index contributed by atoms with van der Waals surface area (Å²) in [5.74, 6) is -0.728. The van der Waals surface area contributed by atoms with E-state index in [0.717, 1.165) is 0 Å². The number of anilines is 2. The quantitative estimate of drug-likeness (QED) is 0.751. The lowest BCUT2D eigenvalue weighted by atomic mass is 10.2. The molecule has 0 aromatic heterocycles. The Bertz CT molecular complexity index is 718. The monoisotopic (exact) mass is 350 g/mol. The first kappa shape index (κ1) is 18.2. The van der Waals surface area contributed by atoms with Crippen molar-refractivity contribution in [3.8, 4) is 5.75 Å². The standard InChI is InChI=1S/C17H16F2N2O4/c1-24-16(23)11-2-4-13(5-3-11)21-15(22)10-20-12-6-8-14(9-7-12)25-17(18)19/h2-9,17,20H,10H2,1H3,(H,21,22). The topological polar surface area (TPSA) is 76.7 Å². The Labute approximate surface area is 142 Å². The number of benzene rings is 2. The predicted octanol–water partition coefficient (Wildman–Crippen LogP) is 3.13. The Morgan fingerprint density at radius 3 is 2.16 bits per heavy atom. The summed E-state index contributed by atoms with van der Waals surface area (Å²) < 4.78 is 32.9. The SMILES string of the molecule is COC(=O)c1ccc(NC(=O)CNc2ccc(OC(F)F)cc2)cc1. The summed E-state index contributed by atoms with van der Waals surface area (Å²) in [5, 5.41) is 5.51. The highest BCUT2D eigenvalue weighted by Gasteiger charge is 2.07. The van der Waals surface area contributed by atoms with Crippen LogP contribution in [0.3, 0.4) is 0 Å². The Hall–Kier alpha value is -3.16. The molecular formula is C17H16F2N2O4. The normalized spacial score (nSPS) is 10.2. The van der Waals surface area contributed by atoms with Gasteiger partial charge in [-0.05, 0) is 48.5 Å². The fraction of sp³-hybridized carbons (Fsp3) is 0.176. The van der Waals surface area contributed by atoms with Gasteiger partial charge >= 0.3 is 12.6 Å². The molecule has 6 nitrogen and oxygen atoms in total. The predicted molar refractivity (Wildman–Crippen MR) is 88.0 cm³/mol. The van der Waals surface area contributed by atoms with Gasteiger partial charge in [0, 0.05) is 11.4 Å². The average Bonchev–Trinajstić information content (AvgIpc) is 2.60. The molecule has 0 aliphatic heterocycles. The molecule has 0 bridgehead atoms. The van der Waals surface area contributed by atoms with Crippen LogP contribution in [0, 0.1) is 0 Å². The molecule has 2 N–H and O–H groups in total. The van der Waals surface area contributed by atoms with Gasteiger partial charge in [0.2, 0.25) is 5.91 Å². The van der Waals surface area contributed by atoms with E-state index in [9.17, 15) is 18.4 Å². The Morgan fingerprint density at radius 2 is 1.60 bits per heavy atom. The van der Waals surface area contributed by atoms with Crippen LogP contribution in [0.15, 0.2) is 48.5 Å². The molecule has 0 aliphatic rings. The van der Waals surface area contributed by atoms with E-state index in [1.165, 1.54) is 43.5 Å². The lowest BCUT2D eigenvalue weighted by Crippen LogP contribution is -2.21. The van der Waals surface area contributed by atoms with E-state index in [0.29, 0.717) is 16.9 Å². The molecule has 0 atom stereocenters. The highest BCUT2D eigenvalue weighted by molar-refractivity contribution is 5.95. The van der Waals surface area contributed by atoms with Gasteiger partial charge in [0.15, 0.2) is 0 Å². The van der Waals surface area contributed by atoms with Crippen LogP contribution in [0.4, 0.5) is 20.2 Å². The Morgan fingerprint density at radius 1 is 1.00 bits per heavy atom. The van der Waals surface area contributed by atoms with Crippen LogP contribution in [0.2, 0.25) is 0 Å². The van der Waals surface area contributed by atoms with E-state index < -0.39 is 12.6 Å². The van der Waals surface area contributed by atoms with Gasteiger partial charge in [0.05, 0.1) is 19.2 Å². The van der Waals surface area contributed by atoms with Gasteiger partial charge in [-0.2, -0.15) is 8.78 Å². The number of hydrogen-bond acceptors (Lipinski definition) is 5. The minimum Gasteiger partial charge on any atom is -0.465 e. The molecule has 0 fully saturated rings. The number of carbonyl (C=O) groups excluding carboxylic acids is 2. The number of carbonyl (C=O) groups is 2. The molecule has 0 saturated carbocycles. The highest BCUT2D eigenvalue weighted by Crippen LogP contribution is 2.17. The minimum atomic E-state index is -2.88. The maximum absolute atomic E-state index is 12.1. The molecule has 0 unspecified atom stereocenters. The fourth-order valence-electron chi connectivity index (χ4n) is 1.95. The fourth-order valence-corrected chi connectivity index (χ4v) is 1.95. The lowest BCUT2D eigenvalue weighted by molar-refractivity contribution is -0.114. The number of ether oxygens (including phenoxy) is 2. The van der Waals surface area contributed by atoms with Crippen molar-refractivity contribution in [2.24, 2.45) is 0 Å². The molecule has 1 amide bonds. The number of hydrogen-bond donors (Lipinski definition) is 2. The highest BCUT2D eigenvalue weighted by atomic mass is 19.3. The van der Waals surface area contributed by atoms with E-state index in [2.05, 4.69) is 20.1 Å². The zero-order chi connectivity index (χ0) is 18.2. The van der Waals surface area contributed by atoms with Gasteiger partial charge in [0.25, 0.3) is 0 Å². The van der Waals surface area contributed by atoms with E-state index in [4.69, 9.17) is 0 Å². The van der Waals surface area contributed by atoms with E-state index in [-0.39, 0.29) is 18.2 Å². The third kappa shape index (κ3) is 5.76. The van der Waals surface area contributed by atoms with Crippen LogP contribution in [0.1, 0.15) is 10.4 Å². The van der Waals surface area contributed by atoms with Crippen molar-refractivity contribution in [2.75, 3.05) is 24.3 Å². The average molecular weight is 350 g/mol. The molecule has 2 aromatic carbocycles. The third-order valence-corrected chi connectivity index (χ3v) is 3.12. The van der Waals surface area contributed by atoms with Crippen molar-refractivity contribution in [3.05, 3.63) is 54.1 Å². The van der Waals surface area contributed by atoms with Gasteiger partial charge in [-0.1, -0.05) is 0 Å². The number of nitrogens with one attached hydrogen (secondary N) is 2. The molecule has 0 heterocycles. The lowest BCUT2D eigenvalue weighted by Gasteiger charge is -2.09. The second kappa shape index (κ2) is 8.62. The minimum absolute atomic E-state index is 0.0200. The molecule has 132 valence electrons. The first-order valence-corrected chi connectivity index (χ1v) is 7.25. The second-order valence-electron chi connectivity index (χ2n) is 4.87. The first-order chi connectivity index (χ1) is 12.0. The van der Waals surface area contributed by atoms with Crippen LogP contribution in [0.5, 0.6) is 5.75 Å². The van der Waals surface area contributed by atoms with Crippen molar-refractivity contribution in [3.63, 3.8) is 0 Å². The van der Waals surface area contributed by atoms with E-state index >= 15 is 0 Å². The van der Waals surface area contributed by atoms with Crippen LogP contribution < -0.4 is 15.4 Å². The van der Waals surface area contributed by atoms with E-state index in [1.807, 2.05) is 0 Å². The number of methoxy groups -OCH3 is 1. The van der Waals surface area contributed by atoms with Crippen LogP contribution in [-0.2, 0) is 9.53 Å². The molecule has 0 radical (unpaired) electrons. The zero-order valence-electron chi connectivity index (χ0n) is 13.3. The second-order valence-corrected chi connectivity index (χ2v) is 4.87. The Kier molecular flexibility index (Phi) is 6.27. The van der Waals surface area contributed by atoms with Crippen molar-refractivity contribution in [1.29, 1.82) is 0 Å². The molecule has 2 rings (SSSR count). The van der Waals surface area contributed by atoms with Crippen molar-refractivity contribution >= 4 is 23.3 Å².